The van der Waals surface area contributed by atoms with Crippen LogP contribution in [0, 0.1) is 17.6 Å². The van der Waals surface area contributed by atoms with Crippen LogP contribution in [0.4, 0.5) is 13.6 Å². The van der Waals surface area contributed by atoms with Crippen molar-refractivity contribution in [1.82, 2.24) is 15.4 Å². The van der Waals surface area contributed by atoms with E-state index in [1.54, 1.807) is 6.92 Å². The summed E-state index contributed by atoms with van der Waals surface area (Å²) in [5.41, 5.74) is -0.237. The van der Waals surface area contributed by atoms with Crippen molar-refractivity contribution in [1.29, 1.82) is 0 Å². The number of carbonyl (C=O) groups excluding carboxylic acids is 2. The Kier molecular flexibility index (Phi) is 6.28. The van der Waals surface area contributed by atoms with Crippen molar-refractivity contribution < 1.29 is 37.5 Å². The number of likely N-dealkylation sites (tertiary alicyclic amines) is 1. The lowest BCUT2D eigenvalue weighted by molar-refractivity contribution is -0.150. The highest BCUT2D eigenvalue weighted by molar-refractivity contribution is 5.93. The Bertz CT molecular complexity index is 963. The van der Waals surface area contributed by atoms with Gasteiger partial charge in [0.25, 0.3) is 5.91 Å². The summed E-state index contributed by atoms with van der Waals surface area (Å²) in [5, 5.41) is 15.4. The fourth-order valence-electron chi connectivity index (χ4n) is 3.23. The molecule has 11 heteroatoms. The number of hydrogen-bond acceptors (Lipinski definition) is 6. The Morgan fingerprint density at radius 2 is 2.10 bits per heavy atom. The second kappa shape index (κ2) is 8.89. The van der Waals surface area contributed by atoms with Gasteiger partial charge >= 0.3 is 12.1 Å². The first kappa shape index (κ1) is 21.2. The second-order valence-corrected chi connectivity index (χ2v) is 6.66. The Morgan fingerprint density at radius 1 is 1.33 bits per heavy atom. The Hall–Kier alpha value is -3.50. The van der Waals surface area contributed by atoms with E-state index in [-0.39, 0.29) is 43.1 Å². The molecule has 0 bridgehead atoms. The average molecular weight is 423 g/mol. The fourth-order valence-corrected chi connectivity index (χ4v) is 3.23. The normalized spacial score (nSPS) is 18.7. The van der Waals surface area contributed by atoms with Crippen LogP contribution in [0.1, 0.15) is 23.8 Å². The predicted molar refractivity (Wildman–Crippen MR) is 97.4 cm³/mol. The molecule has 0 unspecified atom stereocenters. The van der Waals surface area contributed by atoms with Gasteiger partial charge in [0.1, 0.15) is 11.6 Å². The maximum Gasteiger partial charge on any atom is 0.407 e. The second-order valence-electron chi connectivity index (χ2n) is 6.66. The number of hydrogen-bond donors (Lipinski definition) is 2. The molecule has 0 aliphatic carbocycles. The van der Waals surface area contributed by atoms with Crippen LogP contribution in [0.5, 0.6) is 0 Å². The van der Waals surface area contributed by atoms with Crippen LogP contribution in [0.15, 0.2) is 28.8 Å². The van der Waals surface area contributed by atoms with Crippen molar-refractivity contribution in [2.24, 2.45) is 5.92 Å². The maximum absolute atomic E-state index is 13.9. The van der Waals surface area contributed by atoms with Gasteiger partial charge in [-0.3, -0.25) is 9.59 Å². The number of carboxylic acid groups (broad SMARTS) is 1. The van der Waals surface area contributed by atoms with Crippen molar-refractivity contribution in [3.8, 4) is 11.3 Å². The zero-order valence-corrected chi connectivity index (χ0v) is 15.9. The molecule has 3 rings (SSSR count). The summed E-state index contributed by atoms with van der Waals surface area (Å²) >= 11 is 0. The molecule has 2 aromatic rings. The van der Waals surface area contributed by atoms with Gasteiger partial charge in [-0.1, -0.05) is 5.16 Å². The number of piperidine rings is 1. The third kappa shape index (κ3) is 4.56. The number of aromatic nitrogens is 1. The van der Waals surface area contributed by atoms with Crippen molar-refractivity contribution in [2.75, 3.05) is 19.7 Å². The number of ether oxygens (including phenoxy) is 1. The summed E-state index contributed by atoms with van der Waals surface area (Å²) in [6, 6.07) is 3.39. The zero-order chi connectivity index (χ0) is 21.8. The van der Waals surface area contributed by atoms with Crippen LogP contribution in [0.25, 0.3) is 11.3 Å². The Balaban J connectivity index is 1.74. The highest BCUT2D eigenvalue weighted by atomic mass is 19.1. The molecule has 30 heavy (non-hydrogen) atoms. The van der Waals surface area contributed by atoms with Crippen LogP contribution in [-0.2, 0) is 9.53 Å². The van der Waals surface area contributed by atoms with E-state index in [0.29, 0.717) is 6.07 Å². The Labute approximate surface area is 169 Å². The highest BCUT2D eigenvalue weighted by Gasteiger charge is 2.38. The molecule has 2 N–H and O–H groups in total. The minimum Gasteiger partial charge on any atom is -0.466 e. The first-order chi connectivity index (χ1) is 14.3. The first-order valence-electron chi connectivity index (χ1n) is 9.17. The molecule has 1 aromatic carbocycles. The summed E-state index contributed by atoms with van der Waals surface area (Å²) in [6.45, 7) is 1.73. The van der Waals surface area contributed by atoms with Crippen LogP contribution in [0.2, 0.25) is 0 Å². The van der Waals surface area contributed by atoms with E-state index < -0.39 is 41.6 Å². The smallest absolute Gasteiger partial charge is 0.407 e. The van der Waals surface area contributed by atoms with Crippen molar-refractivity contribution in [2.45, 2.75) is 19.4 Å². The number of esters is 1. The summed E-state index contributed by atoms with van der Waals surface area (Å²) < 4.78 is 37.0. The molecule has 0 spiro atoms. The molecule has 0 saturated carbocycles. The van der Waals surface area contributed by atoms with Gasteiger partial charge in [-0.2, -0.15) is 0 Å². The monoisotopic (exact) mass is 423 g/mol. The number of carbonyl (C=O) groups is 3. The molecule has 9 nitrogen and oxygen atoms in total. The van der Waals surface area contributed by atoms with E-state index in [1.807, 2.05) is 0 Å². The van der Waals surface area contributed by atoms with Gasteiger partial charge in [-0.15, -0.1) is 0 Å². The summed E-state index contributed by atoms with van der Waals surface area (Å²) in [4.78, 5) is 37.1. The molecule has 2 atom stereocenters. The van der Waals surface area contributed by atoms with E-state index in [2.05, 4.69) is 10.5 Å². The third-order valence-electron chi connectivity index (χ3n) is 4.73. The Morgan fingerprint density at radius 3 is 2.77 bits per heavy atom. The van der Waals surface area contributed by atoms with Gasteiger partial charge < -0.3 is 24.6 Å². The van der Waals surface area contributed by atoms with Crippen LogP contribution >= 0.6 is 0 Å². The van der Waals surface area contributed by atoms with Crippen LogP contribution < -0.4 is 5.32 Å². The van der Waals surface area contributed by atoms with Gasteiger partial charge in [0.05, 0.1) is 18.1 Å². The summed E-state index contributed by atoms with van der Waals surface area (Å²) in [5.74, 6) is -3.90. The van der Waals surface area contributed by atoms with Gasteiger partial charge in [-0.25, -0.2) is 13.6 Å². The molecule has 160 valence electrons. The van der Waals surface area contributed by atoms with Crippen LogP contribution in [0.3, 0.4) is 0 Å². The number of nitrogens with zero attached hydrogens (tertiary/aromatic N) is 2. The van der Waals surface area contributed by atoms with Crippen molar-refractivity contribution in [3.63, 3.8) is 0 Å². The number of amides is 2. The molecule has 1 aliphatic rings. The van der Waals surface area contributed by atoms with E-state index in [4.69, 9.17) is 9.26 Å². The molecule has 1 aromatic heterocycles. The van der Waals surface area contributed by atoms with Gasteiger partial charge in [0.2, 0.25) is 0 Å². The third-order valence-corrected chi connectivity index (χ3v) is 4.73. The predicted octanol–water partition coefficient (Wildman–Crippen LogP) is 2.28. The quantitative estimate of drug-likeness (QED) is 0.708. The number of rotatable bonds is 5. The van der Waals surface area contributed by atoms with Crippen LogP contribution in [-0.4, -0.2) is 58.9 Å². The van der Waals surface area contributed by atoms with Gasteiger partial charge in [0.15, 0.2) is 11.5 Å². The molecule has 1 fully saturated rings. The van der Waals surface area contributed by atoms with Crippen molar-refractivity contribution in [3.05, 3.63) is 41.6 Å². The van der Waals surface area contributed by atoms with Crippen molar-refractivity contribution >= 4 is 18.0 Å². The molecule has 1 aliphatic heterocycles. The molecule has 1 saturated heterocycles. The number of nitrogens with one attached hydrogen (secondary N) is 1. The zero-order valence-electron chi connectivity index (χ0n) is 15.9. The number of benzene rings is 1. The molecular weight excluding hydrogens is 404 g/mol. The minimum absolute atomic E-state index is 0.0675. The van der Waals surface area contributed by atoms with Gasteiger partial charge in [0, 0.05) is 31.3 Å². The van der Waals surface area contributed by atoms with E-state index in [0.717, 1.165) is 17.0 Å². The molecular formula is C19H19F2N3O6. The van der Waals surface area contributed by atoms with E-state index in [9.17, 15) is 28.3 Å². The number of halogens is 2. The standard InChI is InChI=1S/C19H19F2N3O6/c1-2-29-18(26)12-9-24(19(27)28)6-5-14(12)22-17(25)15-8-16(30-23-15)11-4-3-10(20)7-13(11)21/h3-4,7-8,12,14H,2,5-6,9H2,1H3,(H,22,25)(H,27,28)/t12-,14-/m0/s1. The fraction of sp³-hybridized carbons (Fsp3) is 0.368. The lowest BCUT2D eigenvalue weighted by atomic mass is 9.92. The largest absolute Gasteiger partial charge is 0.466 e. The molecule has 2 heterocycles. The SMILES string of the molecule is CCOC(=O)[C@H]1CN(C(=O)O)CC[C@@H]1NC(=O)c1cc(-c2ccc(F)cc2F)on1. The summed E-state index contributed by atoms with van der Waals surface area (Å²) in [6.07, 6.45) is -0.977. The molecule has 0 radical (unpaired) electrons. The first-order valence-corrected chi connectivity index (χ1v) is 9.17. The lowest BCUT2D eigenvalue weighted by Gasteiger charge is -2.35. The van der Waals surface area contributed by atoms with E-state index in [1.165, 1.54) is 6.07 Å². The minimum atomic E-state index is -1.17. The lowest BCUT2D eigenvalue weighted by Crippen LogP contribution is -2.55. The maximum atomic E-state index is 13.9. The summed E-state index contributed by atoms with van der Waals surface area (Å²) in [7, 11) is 0. The van der Waals surface area contributed by atoms with E-state index >= 15 is 0 Å². The average Bonchev–Trinajstić information content (AvgIpc) is 3.18. The molecule has 2 amide bonds. The highest BCUT2D eigenvalue weighted by Crippen LogP contribution is 2.25. The topological polar surface area (TPSA) is 122 Å². The van der Waals surface area contributed by atoms with Gasteiger partial charge in [-0.05, 0) is 25.5 Å².